The lowest BCUT2D eigenvalue weighted by Gasteiger charge is -2.30. The Kier molecular flexibility index (Phi) is 4.05. The summed E-state index contributed by atoms with van der Waals surface area (Å²) in [5.41, 5.74) is -0.389. The van der Waals surface area contributed by atoms with Crippen LogP contribution in [0.5, 0.6) is 0 Å². The van der Waals surface area contributed by atoms with Crippen LogP contribution in [0.15, 0.2) is 0 Å². The van der Waals surface area contributed by atoms with Gasteiger partial charge in [0.25, 0.3) is 0 Å². The third kappa shape index (κ3) is 2.99. The van der Waals surface area contributed by atoms with E-state index < -0.39 is 0 Å². The lowest BCUT2D eigenvalue weighted by atomic mass is 9.86. The van der Waals surface area contributed by atoms with E-state index >= 15 is 0 Å². The molecule has 1 saturated heterocycles. The van der Waals surface area contributed by atoms with E-state index in [9.17, 15) is 9.90 Å². The molecule has 0 aromatic carbocycles. The van der Waals surface area contributed by atoms with Gasteiger partial charge in [-0.15, -0.1) is 0 Å². The first kappa shape index (κ1) is 12.8. The summed E-state index contributed by atoms with van der Waals surface area (Å²) < 4.78 is 0. The van der Waals surface area contributed by atoms with Gasteiger partial charge in [-0.2, -0.15) is 0 Å². The van der Waals surface area contributed by atoms with E-state index in [-0.39, 0.29) is 23.5 Å². The molecule has 0 aromatic rings. The predicted molar refractivity (Wildman–Crippen MR) is 66.6 cm³/mol. The minimum atomic E-state index is -0.389. The fraction of sp³-hybridized carbons (Fsp3) is 0.923. The highest BCUT2D eigenvalue weighted by Gasteiger charge is 2.36. The number of hydrogen-bond donors (Lipinski definition) is 3. The Morgan fingerprint density at radius 3 is 2.82 bits per heavy atom. The highest BCUT2D eigenvalue weighted by atomic mass is 16.3. The molecule has 3 atom stereocenters. The van der Waals surface area contributed by atoms with E-state index in [1.54, 1.807) is 0 Å². The average Bonchev–Trinajstić information content (AvgIpc) is 2.76. The number of hydrogen-bond acceptors (Lipinski definition) is 3. The molecule has 3 N–H and O–H groups in total. The quantitative estimate of drug-likeness (QED) is 0.683. The topological polar surface area (TPSA) is 61.4 Å². The van der Waals surface area contributed by atoms with Crippen molar-refractivity contribution in [3.63, 3.8) is 0 Å². The van der Waals surface area contributed by atoms with Crippen LogP contribution in [0, 0.1) is 5.92 Å². The molecule has 2 fully saturated rings. The van der Waals surface area contributed by atoms with Gasteiger partial charge in [-0.1, -0.05) is 12.8 Å². The molecule has 2 aliphatic rings. The summed E-state index contributed by atoms with van der Waals surface area (Å²) >= 11 is 0. The zero-order valence-corrected chi connectivity index (χ0v) is 10.7. The summed E-state index contributed by atoms with van der Waals surface area (Å²) in [5.74, 6) is 0.338. The van der Waals surface area contributed by atoms with Gasteiger partial charge in [-0.3, -0.25) is 4.79 Å². The molecule has 4 nitrogen and oxygen atoms in total. The molecule has 3 unspecified atom stereocenters. The Balaban J connectivity index is 1.79. The van der Waals surface area contributed by atoms with E-state index in [1.165, 1.54) is 6.42 Å². The van der Waals surface area contributed by atoms with Gasteiger partial charge < -0.3 is 15.7 Å². The fourth-order valence-electron chi connectivity index (χ4n) is 2.93. The van der Waals surface area contributed by atoms with Gasteiger partial charge >= 0.3 is 0 Å². The number of amides is 1. The third-order valence-electron chi connectivity index (χ3n) is 4.26. The molecule has 1 saturated carbocycles. The molecule has 0 spiro atoms. The van der Waals surface area contributed by atoms with Crippen LogP contribution in [0.25, 0.3) is 0 Å². The number of rotatable bonds is 3. The smallest absolute Gasteiger partial charge is 0.240 e. The molecular formula is C13H24N2O2. The van der Waals surface area contributed by atoms with E-state index in [4.69, 9.17) is 0 Å². The molecule has 1 aliphatic carbocycles. The van der Waals surface area contributed by atoms with Crippen molar-refractivity contribution in [2.45, 2.75) is 57.1 Å². The van der Waals surface area contributed by atoms with Crippen LogP contribution in [-0.2, 0) is 4.79 Å². The molecule has 1 aliphatic heterocycles. The summed E-state index contributed by atoms with van der Waals surface area (Å²) in [6.45, 7) is 3.51. The van der Waals surface area contributed by atoms with Crippen molar-refractivity contribution in [1.82, 2.24) is 10.6 Å². The third-order valence-corrected chi connectivity index (χ3v) is 4.26. The molecule has 2 rings (SSSR count). The van der Waals surface area contributed by atoms with Crippen LogP contribution >= 0.6 is 0 Å². The van der Waals surface area contributed by atoms with Gasteiger partial charge in [0.05, 0.1) is 11.6 Å². The Morgan fingerprint density at radius 1 is 1.41 bits per heavy atom. The van der Waals surface area contributed by atoms with Gasteiger partial charge in [-0.05, 0) is 39.2 Å². The molecule has 4 heteroatoms. The van der Waals surface area contributed by atoms with Crippen molar-refractivity contribution in [3.05, 3.63) is 0 Å². The lowest BCUT2D eigenvalue weighted by Crippen LogP contribution is -2.52. The van der Waals surface area contributed by atoms with Crippen LogP contribution in [-0.4, -0.2) is 35.7 Å². The normalized spacial score (nSPS) is 38.0. The second-order valence-electron chi connectivity index (χ2n) is 5.68. The maximum atomic E-state index is 12.1. The standard InChI is InChI=1S/C13H24N2O2/c1-13(7-4-8-15-13)12(17)14-9-10-5-2-3-6-11(10)16/h10-11,15-16H,2-9H2,1H3,(H,14,17). The summed E-state index contributed by atoms with van der Waals surface area (Å²) in [6.07, 6.45) is 5.95. The van der Waals surface area contributed by atoms with Crippen LogP contribution in [0.2, 0.25) is 0 Å². The first-order valence-corrected chi connectivity index (χ1v) is 6.83. The van der Waals surface area contributed by atoms with Crippen molar-refractivity contribution in [3.8, 4) is 0 Å². The van der Waals surface area contributed by atoms with Gasteiger partial charge in [0.15, 0.2) is 0 Å². The zero-order valence-electron chi connectivity index (χ0n) is 10.7. The second kappa shape index (κ2) is 5.36. The highest BCUT2D eigenvalue weighted by molar-refractivity contribution is 5.86. The SMILES string of the molecule is CC1(C(=O)NCC2CCCCC2O)CCCN1. The number of nitrogens with one attached hydrogen (secondary N) is 2. The number of carbonyl (C=O) groups is 1. The minimum Gasteiger partial charge on any atom is -0.393 e. The molecular weight excluding hydrogens is 216 g/mol. The van der Waals surface area contributed by atoms with Gasteiger partial charge in [-0.25, -0.2) is 0 Å². The Labute approximate surface area is 103 Å². The van der Waals surface area contributed by atoms with Gasteiger partial charge in [0, 0.05) is 12.5 Å². The molecule has 0 radical (unpaired) electrons. The van der Waals surface area contributed by atoms with Gasteiger partial charge in [0.1, 0.15) is 0 Å². The first-order valence-electron chi connectivity index (χ1n) is 6.83. The molecule has 1 amide bonds. The maximum absolute atomic E-state index is 12.1. The Morgan fingerprint density at radius 2 is 2.18 bits per heavy atom. The van der Waals surface area contributed by atoms with Crippen molar-refractivity contribution in [2.24, 2.45) is 5.92 Å². The number of carbonyl (C=O) groups excluding carboxylic acids is 1. The van der Waals surface area contributed by atoms with E-state index in [1.807, 2.05) is 6.92 Å². The summed E-state index contributed by atoms with van der Waals surface area (Å²) in [4.78, 5) is 12.1. The fourth-order valence-corrected chi connectivity index (χ4v) is 2.93. The molecule has 1 heterocycles. The van der Waals surface area contributed by atoms with Crippen LogP contribution in [0.1, 0.15) is 45.4 Å². The van der Waals surface area contributed by atoms with Crippen molar-refractivity contribution in [2.75, 3.05) is 13.1 Å². The van der Waals surface area contributed by atoms with Crippen molar-refractivity contribution in [1.29, 1.82) is 0 Å². The predicted octanol–water partition coefficient (Wildman–Crippen LogP) is 0.796. The van der Waals surface area contributed by atoms with Crippen molar-refractivity contribution < 1.29 is 9.90 Å². The van der Waals surface area contributed by atoms with Crippen LogP contribution in [0.3, 0.4) is 0 Å². The second-order valence-corrected chi connectivity index (χ2v) is 5.68. The minimum absolute atomic E-state index is 0.0905. The Bertz CT molecular complexity index is 275. The van der Waals surface area contributed by atoms with E-state index in [2.05, 4.69) is 10.6 Å². The Hall–Kier alpha value is -0.610. The van der Waals surface area contributed by atoms with Crippen molar-refractivity contribution >= 4 is 5.91 Å². The van der Waals surface area contributed by atoms with Crippen LogP contribution in [0.4, 0.5) is 0 Å². The monoisotopic (exact) mass is 240 g/mol. The zero-order chi connectivity index (χ0) is 12.3. The number of aliphatic hydroxyl groups excluding tert-OH is 1. The maximum Gasteiger partial charge on any atom is 0.240 e. The first-order chi connectivity index (χ1) is 8.12. The van der Waals surface area contributed by atoms with Gasteiger partial charge in [0.2, 0.25) is 5.91 Å². The summed E-state index contributed by atoms with van der Waals surface area (Å²) in [6, 6.07) is 0. The molecule has 0 aromatic heterocycles. The lowest BCUT2D eigenvalue weighted by molar-refractivity contribution is -0.126. The highest BCUT2D eigenvalue weighted by Crippen LogP contribution is 2.24. The summed E-state index contributed by atoms with van der Waals surface area (Å²) in [7, 11) is 0. The average molecular weight is 240 g/mol. The van der Waals surface area contributed by atoms with Crippen LogP contribution < -0.4 is 10.6 Å². The number of aliphatic hydroxyl groups is 1. The summed E-state index contributed by atoms with van der Waals surface area (Å²) in [5, 5.41) is 16.1. The van der Waals surface area contributed by atoms with E-state index in [0.29, 0.717) is 6.54 Å². The molecule has 17 heavy (non-hydrogen) atoms. The largest absolute Gasteiger partial charge is 0.393 e. The molecule has 98 valence electrons. The van der Waals surface area contributed by atoms with E-state index in [0.717, 1.165) is 38.6 Å². The molecule has 0 bridgehead atoms.